The van der Waals surface area contributed by atoms with Crippen molar-refractivity contribution in [3.8, 4) is 0 Å². The van der Waals surface area contributed by atoms with Gasteiger partial charge >= 0.3 is 0 Å². The Hall–Kier alpha value is -1.22. The van der Waals surface area contributed by atoms with Gasteiger partial charge in [-0.3, -0.25) is 4.79 Å². The van der Waals surface area contributed by atoms with Crippen LogP contribution >= 0.6 is 11.6 Å². The molecule has 1 N–H and O–H groups in total. The van der Waals surface area contributed by atoms with Crippen LogP contribution in [-0.2, 0) is 0 Å². The number of halogens is 1. The van der Waals surface area contributed by atoms with Crippen LogP contribution in [0.2, 0.25) is 5.02 Å². The summed E-state index contributed by atoms with van der Waals surface area (Å²) in [7, 11) is 3.49. The number of amides is 1. The normalized spacial score (nSPS) is 12.1. The fourth-order valence-corrected chi connectivity index (χ4v) is 2.01. The van der Waals surface area contributed by atoms with E-state index < -0.39 is 0 Å². The predicted molar refractivity (Wildman–Crippen MR) is 77.5 cm³/mol. The lowest BCUT2D eigenvalue weighted by Gasteiger charge is -2.19. The van der Waals surface area contributed by atoms with Crippen LogP contribution < -0.4 is 5.32 Å². The molecule has 0 saturated heterocycles. The topological polar surface area (TPSA) is 32.3 Å². The number of hydrogen-bond donors (Lipinski definition) is 1. The third kappa shape index (κ3) is 3.91. The summed E-state index contributed by atoms with van der Waals surface area (Å²) in [6, 6.07) is 5.64. The molecule has 1 aromatic rings. The van der Waals surface area contributed by atoms with Gasteiger partial charge in [0.2, 0.25) is 0 Å². The second-order valence-corrected chi connectivity index (χ2v) is 5.16. The molecule has 0 saturated carbocycles. The Morgan fingerprint density at radius 3 is 2.67 bits per heavy atom. The quantitative estimate of drug-likeness (QED) is 0.884. The summed E-state index contributed by atoms with van der Waals surface area (Å²) in [6.07, 6.45) is 2.16. The van der Waals surface area contributed by atoms with Gasteiger partial charge in [0, 0.05) is 30.8 Å². The number of anilines is 1. The molecule has 3 nitrogen and oxygen atoms in total. The number of carbonyl (C=O) groups is 1. The van der Waals surface area contributed by atoms with Crippen LogP contribution in [0.4, 0.5) is 5.69 Å². The van der Waals surface area contributed by atoms with Crippen LogP contribution in [-0.4, -0.2) is 30.9 Å². The van der Waals surface area contributed by atoms with E-state index in [1.807, 2.05) is 6.07 Å². The molecule has 1 unspecified atom stereocenters. The molecule has 0 radical (unpaired) electrons. The van der Waals surface area contributed by atoms with Gasteiger partial charge < -0.3 is 10.2 Å². The lowest BCUT2D eigenvalue weighted by Crippen LogP contribution is -2.24. The maximum absolute atomic E-state index is 12.1. The van der Waals surface area contributed by atoms with Gasteiger partial charge in [-0.15, -0.1) is 0 Å². The lowest BCUT2D eigenvalue weighted by atomic mass is 10.1. The van der Waals surface area contributed by atoms with Crippen molar-refractivity contribution in [3.05, 3.63) is 28.8 Å². The molecule has 1 atom stereocenters. The van der Waals surface area contributed by atoms with Gasteiger partial charge in [-0.1, -0.05) is 24.9 Å². The molecule has 0 heterocycles. The summed E-state index contributed by atoms with van der Waals surface area (Å²) in [5, 5.41) is 3.99. The Labute approximate surface area is 114 Å². The number of benzene rings is 1. The van der Waals surface area contributed by atoms with Gasteiger partial charge in [0.05, 0.1) is 5.56 Å². The summed E-state index contributed by atoms with van der Waals surface area (Å²) in [5.74, 6) is -0.0159. The highest BCUT2D eigenvalue weighted by Gasteiger charge is 2.14. The number of nitrogens with zero attached hydrogens (tertiary/aromatic N) is 1. The van der Waals surface area contributed by atoms with E-state index in [0.29, 0.717) is 16.6 Å². The molecule has 4 heteroatoms. The van der Waals surface area contributed by atoms with E-state index in [-0.39, 0.29) is 5.91 Å². The Kier molecular flexibility index (Phi) is 5.48. The number of carbonyl (C=O) groups excluding carboxylic acids is 1. The van der Waals surface area contributed by atoms with E-state index in [1.54, 1.807) is 31.1 Å². The third-order valence-electron chi connectivity index (χ3n) is 2.74. The highest BCUT2D eigenvalue weighted by Crippen LogP contribution is 2.23. The van der Waals surface area contributed by atoms with Crippen LogP contribution in [0.15, 0.2) is 18.2 Å². The van der Waals surface area contributed by atoms with Gasteiger partial charge in [-0.2, -0.15) is 0 Å². The lowest BCUT2D eigenvalue weighted by molar-refractivity contribution is 0.0828. The Morgan fingerprint density at radius 2 is 2.11 bits per heavy atom. The van der Waals surface area contributed by atoms with Crippen molar-refractivity contribution in [1.82, 2.24) is 4.90 Å². The fourth-order valence-electron chi connectivity index (χ4n) is 1.83. The molecule has 0 fully saturated rings. The van der Waals surface area contributed by atoms with Gasteiger partial charge in [-0.05, 0) is 31.5 Å². The first kappa shape index (κ1) is 14.8. The predicted octanol–water partition coefficient (Wildman–Crippen LogP) is 3.64. The zero-order chi connectivity index (χ0) is 13.7. The number of nitrogens with one attached hydrogen (secondary N) is 1. The van der Waals surface area contributed by atoms with E-state index in [9.17, 15) is 4.79 Å². The fraction of sp³-hybridized carbons (Fsp3) is 0.500. The first-order chi connectivity index (χ1) is 8.45. The molecule has 100 valence electrons. The second-order valence-electron chi connectivity index (χ2n) is 4.72. The second kappa shape index (κ2) is 6.64. The molecule has 18 heavy (non-hydrogen) atoms. The van der Waals surface area contributed by atoms with E-state index in [2.05, 4.69) is 19.2 Å². The molecule has 0 aliphatic heterocycles. The van der Waals surface area contributed by atoms with Crippen molar-refractivity contribution in [2.45, 2.75) is 32.7 Å². The average Bonchev–Trinajstić information content (AvgIpc) is 2.28. The van der Waals surface area contributed by atoms with Gasteiger partial charge in [-0.25, -0.2) is 0 Å². The van der Waals surface area contributed by atoms with Gasteiger partial charge in [0.15, 0.2) is 0 Å². The summed E-state index contributed by atoms with van der Waals surface area (Å²) in [6.45, 7) is 4.25. The molecule has 1 amide bonds. The molecule has 0 aliphatic carbocycles. The van der Waals surface area contributed by atoms with Gasteiger partial charge in [0.1, 0.15) is 0 Å². The largest absolute Gasteiger partial charge is 0.382 e. The maximum atomic E-state index is 12.1. The minimum atomic E-state index is -0.0159. The van der Waals surface area contributed by atoms with Gasteiger partial charge in [0.25, 0.3) is 5.91 Å². The van der Waals surface area contributed by atoms with Crippen molar-refractivity contribution in [2.75, 3.05) is 19.4 Å². The maximum Gasteiger partial charge on any atom is 0.255 e. The summed E-state index contributed by atoms with van der Waals surface area (Å²) in [4.78, 5) is 13.6. The van der Waals surface area contributed by atoms with Crippen LogP contribution in [0.5, 0.6) is 0 Å². The molecule has 1 rings (SSSR count). The first-order valence-corrected chi connectivity index (χ1v) is 6.61. The molecule has 1 aromatic carbocycles. The van der Waals surface area contributed by atoms with Crippen molar-refractivity contribution >= 4 is 23.2 Å². The molecular formula is C14H21ClN2O. The van der Waals surface area contributed by atoms with Crippen molar-refractivity contribution < 1.29 is 4.79 Å². The van der Waals surface area contributed by atoms with E-state index in [0.717, 1.165) is 18.5 Å². The van der Waals surface area contributed by atoms with Crippen LogP contribution in [0.1, 0.15) is 37.0 Å². The van der Waals surface area contributed by atoms with Crippen LogP contribution in [0.25, 0.3) is 0 Å². The third-order valence-corrected chi connectivity index (χ3v) is 2.98. The Bertz CT molecular complexity index is 418. The zero-order valence-corrected chi connectivity index (χ0v) is 12.2. The van der Waals surface area contributed by atoms with Crippen LogP contribution in [0.3, 0.4) is 0 Å². The minimum absolute atomic E-state index is 0.0159. The van der Waals surface area contributed by atoms with Crippen molar-refractivity contribution in [2.24, 2.45) is 0 Å². The highest BCUT2D eigenvalue weighted by molar-refractivity contribution is 6.31. The van der Waals surface area contributed by atoms with Crippen molar-refractivity contribution in [1.29, 1.82) is 0 Å². The van der Waals surface area contributed by atoms with E-state index >= 15 is 0 Å². The summed E-state index contributed by atoms with van der Waals surface area (Å²) >= 11 is 6.00. The number of hydrogen-bond acceptors (Lipinski definition) is 2. The standard InChI is InChI=1S/C14H21ClN2O/c1-5-6-10(2)16-13-9-11(15)7-8-12(13)14(18)17(3)4/h7-10,16H,5-6H2,1-4H3. The SMILES string of the molecule is CCCC(C)Nc1cc(Cl)ccc1C(=O)N(C)C. The van der Waals surface area contributed by atoms with Crippen molar-refractivity contribution in [3.63, 3.8) is 0 Å². The highest BCUT2D eigenvalue weighted by atomic mass is 35.5. The average molecular weight is 269 g/mol. The summed E-state index contributed by atoms with van der Waals surface area (Å²) < 4.78 is 0. The Balaban J connectivity index is 3.00. The van der Waals surface area contributed by atoms with E-state index in [1.165, 1.54) is 0 Å². The van der Waals surface area contributed by atoms with E-state index in [4.69, 9.17) is 11.6 Å². The molecule has 0 bridgehead atoms. The number of rotatable bonds is 5. The summed E-state index contributed by atoms with van der Waals surface area (Å²) in [5.41, 5.74) is 1.47. The molecular weight excluding hydrogens is 248 g/mol. The minimum Gasteiger partial charge on any atom is -0.382 e. The Morgan fingerprint density at radius 1 is 1.44 bits per heavy atom. The monoisotopic (exact) mass is 268 g/mol. The van der Waals surface area contributed by atoms with Crippen LogP contribution in [0, 0.1) is 0 Å². The molecule has 0 spiro atoms. The zero-order valence-electron chi connectivity index (χ0n) is 11.5. The first-order valence-electron chi connectivity index (χ1n) is 6.23. The molecule has 0 aromatic heterocycles. The smallest absolute Gasteiger partial charge is 0.255 e. The molecule has 0 aliphatic rings.